The van der Waals surface area contributed by atoms with Crippen LogP contribution < -0.4 is 10.6 Å². The molecule has 1 saturated carbocycles. The minimum Gasteiger partial charge on any atom is -0.323 e. The highest BCUT2D eigenvalue weighted by atomic mass is 16.2. The van der Waals surface area contributed by atoms with E-state index >= 15 is 0 Å². The van der Waals surface area contributed by atoms with E-state index < -0.39 is 5.54 Å². The van der Waals surface area contributed by atoms with E-state index in [2.05, 4.69) is 17.2 Å². The molecular formula is C13H21N3O2. The number of hydrogen-bond donors (Lipinski definition) is 2. The van der Waals surface area contributed by atoms with Gasteiger partial charge in [-0.25, -0.2) is 4.79 Å². The van der Waals surface area contributed by atoms with Crippen LogP contribution >= 0.6 is 0 Å². The van der Waals surface area contributed by atoms with E-state index in [1.807, 2.05) is 7.05 Å². The van der Waals surface area contributed by atoms with E-state index in [0.717, 1.165) is 37.7 Å². The highest BCUT2D eigenvalue weighted by Gasteiger charge is 2.51. The first-order chi connectivity index (χ1) is 8.59. The van der Waals surface area contributed by atoms with Crippen molar-refractivity contribution in [3.05, 3.63) is 12.2 Å². The van der Waals surface area contributed by atoms with E-state index in [1.54, 1.807) is 0 Å². The summed E-state index contributed by atoms with van der Waals surface area (Å²) < 4.78 is 0. The molecule has 0 unspecified atom stereocenters. The van der Waals surface area contributed by atoms with Gasteiger partial charge in [0.15, 0.2) is 0 Å². The molecule has 0 aromatic heterocycles. The largest absolute Gasteiger partial charge is 0.325 e. The van der Waals surface area contributed by atoms with Gasteiger partial charge in [0.2, 0.25) is 0 Å². The lowest BCUT2D eigenvalue weighted by Crippen LogP contribution is -2.48. The Kier molecular flexibility index (Phi) is 3.71. The van der Waals surface area contributed by atoms with Crippen molar-refractivity contribution >= 4 is 11.9 Å². The van der Waals surface area contributed by atoms with Gasteiger partial charge in [0.1, 0.15) is 5.54 Å². The van der Waals surface area contributed by atoms with Crippen LogP contribution in [0.2, 0.25) is 0 Å². The van der Waals surface area contributed by atoms with E-state index in [4.69, 9.17) is 0 Å². The molecule has 0 aromatic rings. The van der Waals surface area contributed by atoms with Gasteiger partial charge in [-0.3, -0.25) is 9.69 Å². The quantitative estimate of drug-likeness (QED) is 0.579. The second-order valence-electron chi connectivity index (χ2n) is 5.24. The van der Waals surface area contributed by atoms with Gasteiger partial charge in [-0.15, -0.1) is 0 Å². The van der Waals surface area contributed by atoms with Crippen molar-refractivity contribution in [3.8, 4) is 0 Å². The zero-order chi connectivity index (χ0) is 13.2. The van der Waals surface area contributed by atoms with Gasteiger partial charge in [-0.1, -0.05) is 25.8 Å². The van der Waals surface area contributed by atoms with Crippen LogP contribution in [0.5, 0.6) is 0 Å². The van der Waals surface area contributed by atoms with Crippen molar-refractivity contribution in [2.24, 2.45) is 0 Å². The normalized spacial score (nSPS) is 22.4. The number of likely N-dealkylation sites (N-methyl/N-ethyl adjacent to an activating group) is 1. The fraction of sp³-hybridized carbons (Fsp3) is 0.692. The first-order valence-electron chi connectivity index (χ1n) is 6.54. The van der Waals surface area contributed by atoms with Crippen LogP contribution in [-0.2, 0) is 4.79 Å². The predicted octanol–water partition coefficient (Wildman–Crippen LogP) is 1.02. The van der Waals surface area contributed by atoms with Gasteiger partial charge in [0.25, 0.3) is 5.91 Å². The summed E-state index contributed by atoms with van der Waals surface area (Å²) in [6, 6.07) is -0.265. The number of nitrogens with one attached hydrogen (secondary N) is 2. The molecule has 0 atom stereocenters. The van der Waals surface area contributed by atoms with Crippen molar-refractivity contribution in [1.29, 1.82) is 0 Å². The second kappa shape index (κ2) is 5.10. The van der Waals surface area contributed by atoms with Gasteiger partial charge in [0, 0.05) is 6.54 Å². The summed E-state index contributed by atoms with van der Waals surface area (Å²) in [7, 11) is 1.82. The highest BCUT2D eigenvalue weighted by Crippen LogP contribution is 2.33. The summed E-state index contributed by atoms with van der Waals surface area (Å²) in [6.45, 7) is 4.80. The molecule has 0 bridgehead atoms. The van der Waals surface area contributed by atoms with Gasteiger partial charge < -0.3 is 10.6 Å². The molecule has 100 valence electrons. The van der Waals surface area contributed by atoms with Crippen LogP contribution in [0.1, 0.15) is 32.1 Å². The molecule has 18 heavy (non-hydrogen) atoms. The molecule has 1 saturated heterocycles. The average molecular weight is 251 g/mol. The van der Waals surface area contributed by atoms with Gasteiger partial charge >= 0.3 is 6.03 Å². The fourth-order valence-corrected chi connectivity index (χ4v) is 2.84. The number of amides is 3. The molecule has 0 radical (unpaired) electrons. The average Bonchev–Trinajstić information content (AvgIpc) is 2.55. The third kappa shape index (κ3) is 2.27. The number of carbonyl (C=O) groups is 2. The number of hydrogen-bond acceptors (Lipinski definition) is 3. The number of urea groups is 1. The van der Waals surface area contributed by atoms with Crippen LogP contribution in [0.15, 0.2) is 12.2 Å². The summed E-state index contributed by atoms with van der Waals surface area (Å²) in [5.74, 6) is -0.0653. The molecule has 2 rings (SSSR count). The van der Waals surface area contributed by atoms with E-state index in [9.17, 15) is 9.59 Å². The summed E-state index contributed by atoms with van der Waals surface area (Å²) in [6.07, 6.45) is 4.71. The van der Waals surface area contributed by atoms with Gasteiger partial charge in [0.05, 0.1) is 6.54 Å². The highest BCUT2D eigenvalue weighted by molar-refractivity contribution is 6.07. The molecule has 1 aliphatic heterocycles. The fourth-order valence-electron chi connectivity index (χ4n) is 2.84. The standard InChI is InChI=1S/C13H21N3O2/c1-10(8-14-2)9-16-11(17)13(15-12(16)18)6-4-3-5-7-13/h14H,1,3-9H2,2H3,(H,15,18). The lowest BCUT2D eigenvalue weighted by molar-refractivity contribution is -0.132. The molecule has 5 nitrogen and oxygen atoms in total. The second-order valence-corrected chi connectivity index (χ2v) is 5.24. The summed E-state index contributed by atoms with van der Waals surface area (Å²) in [5.41, 5.74) is 0.226. The lowest BCUT2D eigenvalue weighted by Gasteiger charge is -2.30. The van der Waals surface area contributed by atoms with Crippen molar-refractivity contribution < 1.29 is 9.59 Å². The van der Waals surface area contributed by atoms with Crippen LogP contribution in [0.25, 0.3) is 0 Å². The maximum atomic E-state index is 12.4. The van der Waals surface area contributed by atoms with Crippen molar-refractivity contribution in [1.82, 2.24) is 15.5 Å². The Balaban J connectivity index is 2.07. The zero-order valence-corrected chi connectivity index (χ0v) is 10.9. The van der Waals surface area contributed by atoms with Crippen LogP contribution in [0, 0.1) is 0 Å². The molecule has 2 fully saturated rings. The maximum Gasteiger partial charge on any atom is 0.325 e. The van der Waals surface area contributed by atoms with Crippen molar-refractivity contribution in [3.63, 3.8) is 0 Å². The molecule has 1 heterocycles. The third-order valence-electron chi connectivity index (χ3n) is 3.76. The first-order valence-corrected chi connectivity index (χ1v) is 6.54. The van der Waals surface area contributed by atoms with Gasteiger partial charge in [-0.05, 0) is 25.5 Å². The molecular weight excluding hydrogens is 230 g/mol. The molecule has 3 amide bonds. The smallest absolute Gasteiger partial charge is 0.323 e. The molecule has 1 aliphatic carbocycles. The summed E-state index contributed by atoms with van der Waals surface area (Å²) in [4.78, 5) is 25.7. The monoisotopic (exact) mass is 251 g/mol. The molecule has 2 N–H and O–H groups in total. The summed E-state index contributed by atoms with van der Waals surface area (Å²) >= 11 is 0. The number of imide groups is 1. The Morgan fingerprint density at radius 2 is 2.06 bits per heavy atom. The number of carbonyl (C=O) groups excluding carboxylic acids is 2. The summed E-state index contributed by atoms with van der Waals surface area (Å²) in [5, 5.41) is 5.87. The predicted molar refractivity (Wildman–Crippen MR) is 69.1 cm³/mol. The van der Waals surface area contributed by atoms with Gasteiger partial charge in [-0.2, -0.15) is 0 Å². The number of rotatable bonds is 4. The van der Waals surface area contributed by atoms with Crippen molar-refractivity contribution in [2.45, 2.75) is 37.6 Å². The molecule has 1 spiro atoms. The van der Waals surface area contributed by atoms with E-state index in [-0.39, 0.29) is 11.9 Å². The van der Waals surface area contributed by atoms with Crippen LogP contribution in [0.4, 0.5) is 4.79 Å². The number of nitrogens with zero attached hydrogens (tertiary/aromatic N) is 1. The van der Waals surface area contributed by atoms with Crippen LogP contribution in [0.3, 0.4) is 0 Å². The Hall–Kier alpha value is -1.36. The van der Waals surface area contributed by atoms with E-state index in [0.29, 0.717) is 13.1 Å². The molecule has 2 aliphatic rings. The van der Waals surface area contributed by atoms with Crippen LogP contribution in [-0.4, -0.2) is 42.5 Å². The third-order valence-corrected chi connectivity index (χ3v) is 3.76. The Bertz CT molecular complexity index is 372. The maximum absolute atomic E-state index is 12.4. The lowest BCUT2D eigenvalue weighted by atomic mass is 9.82. The molecule has 5 heteroatoms. The Morgan fingerprint density at radius 1 is 1.39 bits per heavy atom. The SMILES string of the molecule is C=C(CNC)CN1C(=O)NC2(CCCCC2)C1=O. The molecule has 0 aromatic carbocycles. The zero-order valence-electron chi connectivity index (χ0n) is 10.9. The Morgan fingerprint density at radius 3 is 2.67 bits per heavy atom. The topological polar surface area (TPSA) is 61.4 Å². The van der Waals surface area contributed by atoms with E-state index in [1.165, 1.54) is 4.90 Å². The Labute approximate surface area is 108 Å². The first kappa shape index (κ1) is 13.1. The van der Waals surface area contributed by atoms with Crippen molar-refractivity contribution in [2.75, 3.05) is 20.1 Å². The minimum absolute atomic E-state index is 0.0653. The minimum atomic E-state index is -0.616.